The molecule has 18 heavy (non-hydrogen) atoms. The van der Waals surface area contributed by atoms with Crippen LogP contribution in [0.4, 0.5) is 0 Å². The number of allylic oxidation sites excluding steroid dienone is 1. The predicted octanol–water partition coefficient (Wildman–Crippen LogP) is 3.11. The standard InChI is InChI=1S/C15H16N2O/c1-12(2)14(11-18)10-13-4-6-15(7-5-13)17-9-3-8-16-17/h3-12H,1-2H3. The number of aromatic nitrogens is 2. The molecule has 0 unspecified atom stereocenters. The third kappa shape index (κ3) is 2.74. The minimum absolute atomic E-state index is 0.244. The van der Waals surface area contributed by atoms with Crippen molar-refractivity contribution < 1.29 is 4.79 Å². The molecule has 0 radical (unpaired) electrons. The van der Waals surface area contributed by atoms with Crippen LogP contribution in [0.25, 0.3) is 11.8 Å². The van der Waals surface area contributed by atoms with E-state index in [1.165, 1.54) is 0 Å². The van der Waals surface area contributed by atoms with Crippen molar-refractivity contribution in [3.8, 4) is 5.69 Å². The monoisotopic (exact) mass is 240 g/mol. The Bertz CT molecular complexity index is 536. The molecule has 1 heterocycles. The van der Waals surface area contributed by atoms with Gasteiger partial charge in [0.1, 0.15) is 6.29 Å². The van der Waals surface area contributed by atoms with Gasteiger partial charge in [-0.1, -0.05) is 26.0 Å². The van der Waals surface area contributed by atoms with Crippen molar-refractivity contribution in [2.24, 2.45) is 5.92 Å². The minimum Gasteiger partial charge on any atom is -0.298 e. The van der Waals surface area contributed by atoms with E-state index in [0.29, 0.717) is 0 Å². The van der Waals surface area contributed by atoms with Gasteiger partial charge in [-0.05, 0) is 41.3 Å². The maximum Gasteiger partial charge on any atom is 0.146 e. The van der Waals surface area contributed by atoms with Gasteiger partial charge < -0.3 is 0 Å². The van der Waals surface area contributed by atoms with Gasteiger partial charge in [-0.25, -0.2) is 4.68 Å². The molecule has 1 aromatic heterocycles. The van der Waals surface area contributed by atoms with E-state index in [2.05, 4.69) is 5.10 Å². The predicted molar refractivity (Wildman–Crippen MR) is 72.4 cm³/mol. The molecule has 0 saturated carbocycles. The van der Waals surface area contributed by atoms with Crippen LogP contribution in [0.2, 0.25) is 0 Å². The molecule has 0 fully saturated rings. The van der Waals surface area contributed by atoms with Crippen molar-refractivity contribution in [1.82, 2.24) is 9.78 Å². The number of hydrogen-bond acceptors (Lipinski definition) is 2. The van der Waals surface area contributed by atoms with Crippen LogP contribution in [0.3, 0.4) is 0 Å². The van der Waals surface area contributed by atoms with E-state index in [0.717, 1.165) is 23.1 Å². The molecule has 0 amide bonds. The fourth-order valence-electron chi connectivity index (χ4n) is 1.67. The summed E-state index contributed by atoms with van der Waals surface area (Å²) in [5.74, 6) is 0.244. The number of rotatable bonds is 4. The first-order chi connectivity index (χ1) is 8.70. The van der Waals surface area contributed by atoms with Crippen molar-refractivity contribution in [3.63, 3.8) is 0 Å². The van der Waals surface area contributed by atoms with Gasteiger partial charge in [-0.15, -0.1) is 0 Å². The molecule has 2 aromatic rings. The van der Waals surface area contributed by atoms with Crippen molar-refractivity contribution in [1.29, 1.82) is 0 Å². The summed E-state index contributed by atoms with van der Waals surface area (Å²) in [5, 5.41) is 4.17. The van der Waals surface area contributed by atoms with E-state index in [9.17, 15) is 4.79 Å². The first kappa shape index (κ1) is 12.3. The summed E-state index contributed by atoms with van der Waals surface area (Å²) in [6, 6.07) is 9.84. The van der Waals surface area contributed by atoms with E-state index in [-0.39, 0.29) is 5.92 Å². The van der Waals surface area contributed by atoms with Gasteiger partial charge in [-0.3, -0.25) is 4.79 Å². The van der Waals surface area contributed by atoms with Crippen LogP contribution < -0.4 is 0 Å². The van der Waals surface area contributed by atoms with E-state index in [1.54, 1.807) is 10.9 Å². The lowest BCUT2D eigenvalue weighted by Gasteiger charge is -2.05. The zero-order valence-corrected chi connectivity index (χ0v) is 10.6. The molecule has 0 spiro atoms. The molecule has 0 saturated heterocycles. The molecule has 0 aliphatic heterocycles. The Kier molecular flexibility index (Phi) is 3.72. The molecule has 0 bridgehead atoms. The highest BCUT2D eigenvalue weighted by Gasteiger charge is 2.02. The second kappa shape index (κ2) is 5.45. The Hall–Kier alpha value is -2.16. The molecule has 0 N–H and O–H groups in total. The van der Waals surface area contributed by atoms with Gasteiger partial charge in [0.15, 0.2) is 0 Å². The number of aldehydes is 1. The van der Waals surface area contributed by atoms with Crippen molar-refractivity contribution in [2.75, 3.05) is 0 Å². The zero-order valence-electron chi connectivity index (χ0n) is 10.6. The van der Waals surface area contributed by atoms with Crippen LogP contribution in [-0.2, 0) is 4.79 Å². The fraction of sp³-hybridized carbons (Fsp3) is 0.200. The van der Waals surface area contributed by atoms with Crippen LogP contribution in [0, 0.1) is 5.92 Å². The summed E-state index contributed by atoms with van der Waals surface area (Å²) < 4.78 is 1.80. The highest BCUT2D eigenvalue weighted by Crippen LogP contribution is 2.14. The number of carbonyl (C=O) groups excluding carboxylic acids is 1. The summed E-state index contributed by atoms with van der Waals surface area (Å²) in [7, 11) is 0. The zero-order chi connectivity index (χ0) is 13.0. The van der Waals surface area contributed by atoms with E-state index < -0.39 is 0 Å². The van der Waals surface area contributed by atoms with Gasteiger partial charge in [0, 0.05) is 12.4 Å². The molecule has 3 heteroatoms. The summed E-state index contributed by atoms with van der Waals surface area (Å²) in [6.07, 6.45) is 6.49. The average molecular weight is 240 g/mol. The molecule has 92 valence electrons. The Labute approximate surface area is 107 Å². The van der Waals surface area contributed by atoms with Crippen molar-refractivity contribution >= 4 is 12.4 Å². The van der Waals surface area contributed by atoms with Gasteiger partial charge in [-0.2, -0.15) is 5.10 Å². The van der Waals surface area contributed by atoms with Crippen LogP contribution in [0.15, 0.2) is 48.3 Å². The lowest BCUT2D eigenvalue weighted by Crippen LogP contribution is -1.96. The highest BCUT2D eigenvalue weighted by atomic mass is 16.1. The molecule has 0 aliphatic carbocycles. The van der Waals surface area contributed by atoms with Gasteiger partial charge in [0.25, 0.3) is 0 Å². The molecular formula is C15H16N2O. The maximum atomic E-state index is 10.9. The van der Waals surface area contributed by atoms with Crippen molar-refractivity contribution in [3.05, 3.63) is 53.9 Å². The molecular weight excluding hydrogens is 224 g/mol. The summed E-state index contributed by atoms with van der Waals surface area (Å²) in [6.45, 7) is 4.02. The molecule has 3 nitrogen and oxygen atoms in total. The summed E-state index contributed by atoms with van der Waals surface area (Å²) >= 11 is 0. The van der Waals surface area contributed by atoms with E-state index in [4.69, 9.17) is 0 Å². The maximum absolute atomic E-state index is 10.9. The van der Waals surface area contributed by atoms with Crippen LogP contribution in [0.5, 0.6) is 0 Å². The second-order valence-electron chi connectivity index (χ2n) is 4.46. The summed E-state index contributed by atoms with van der Waals surface area (Å²) in [5.41, 5.74) is 2.85. The third-order valence-electron chi connectivity index (χ3n) is 2.80. The second-order valence-corrected chi connectivity index (χ2v) is 4.46. The Morgan fingerprint density at radius 1 is 1.28 bits per heavy atom. The van der Waals surface area contributed by atoms with Gasteiger partial charge in [0.2, 0.25) is 0 Å². The van der Waals surface area contributed by atoms with Crippen molar-refractivity contribution in [2.45, 2.75) is 13.8 Å². The normalized spacial score (nSPS) is 11.8. The minimum atomic E-state index is 0.244. The molecule has 0 aliphatic rings. The topological polar surface area (TPSA) is 34.9 Å². The van der Waals surface area contributed by atoms with Gasteiger partial charge in [0.05, 0.1) is 5.69 Å². The lowest BCUT2D eigenvalue weighted by atomic mass is 10.0. The Morgan fingerprint density at radius 2 is 2.00 bits per heavy atom. The number of benzene rings is 1. The van der Waals surface area contributed by atoms with Gasteiger partial charge >= 0.3 is 0 Å². The Balaban J connectivity index is 2.25. The molecule has 0 atom stereocenters. The number of carbonyl (C=O) groups is 1. The first-order valence-corrected chi connectivity index (χ1v) is 5.97. The SMILES string of the molecule is CC(C)C(C=O)=Cc1ccc(-n2cccn2)cc1. The lowest BCUT2D eigenvalue weighted by molar-refractivity contribution is -0.105. The first-order valence-electron chi connectivity index (χ1n) is 5.97. The van der Waals surface area contributed by atoms with E-state index in [1.807, 2.05) is 56.5 Å². The largest absolute Gasteiger partial charge is 0.298 e. The summed E-state index contributed by atoms with van der Waals surface area (Å²) in [4.78, 5) is 10.9. The Morgan fingerprint density at radius 3 is 2.50 bits per heavy atom. The highest BCUT2D eigenvalue weighted by molar-refractivity contribution is 5.82. The molecule has 2 rings (SSSR count). The smallest absolute Gasteiger partial charge is 0.146 e. The van der Waals surface area contributed by atoms with E-state index >= 15 is 0 Å². The number of nitrogens with zero attached hydrogens (tertiary/aromatic N) is 2. The van der Waals surface area contributed by atoms with Crippen LogP contribution in [0.1, 0.15) is 19.4 Å². The average Bonchev–Trinajstić information content (AvgIpc) is 2.90. The molecule has 1 aromatic carbocycles. The number of hydrogen-bond donors (Lipinski definition) is 0. The van der Waals surface area contributed by atoms with Crippen LogP contribution in [-0.4, -0.2) is 16.1 Å². The third-order valence-corrected chi connectivity index (χ3v) is 2.80. The quantitative estimate of drug-likeness (QED) is 0.608. The van der Waals surface area contributed by atoms with Crippen LogP contribution >= 0.6 is 0 Å². The fourth-order valence-corrected chi connectivity index (χ4v) is 1.67.